The highest BCUT2D eigenvalue weighted by Crippen LogP contribution is 2.25. The van der Waals surface area contributed by atoms with Crippen LogP contribution in [0.25, 0.3) is 0 Å². The van der Waals surface area contributed by atoms with Crippen LogP contribution < -0.4 is 15.8 Å². The molecule has 1 aromatic carbocycles. The molecule has 0 bridgehead atoms. The Morgan fingerprint density at radius 1 is 1.43 bits per heavy atom. The number of carbonyl (C=O) groups excluding carboxylic acids is 1. The van der Waals surface area contributed by atoms with Crippen LogP contribution in [-0.2, 0) is 4.79 Å². The highest BCUT2D eigenvalue weighted by molar-refractivity contribution is 5.93. The zero-order chi connectivity index (χ0) is 15.9. The van der Waals surface area contributed by atoms with Crippen LogP contribution in [0.15, 0.2) is 18.2 Å². The number of rotatable bonds is 6. The standard InChI is InChI=1S/C17H27N3O2.ClH/c1-13-6-7-16(22-2)15(11-13)19-17(21)12-20-10-4-3-5-14(20)8-9-18;/h6-7,11,14H,3-5,8-10,12,18H2,1-2H3,(H,19,21);1H. The minimum absolute atomic E-state index is 0. The van der Waals surface area contributed by atoms with E-state index in [4.69, 9.17) is 10.5 Å². The van der Waals surface area contributed by atoms with Gasteiger partial charge in [0.05, 0.1) is 19.3 Å². The number of aryl methyl sites for hydroxylation is 1. The van der Waals surface area contributed by atoms with Gasteiger partial charge in [0.1, 0.15) is 5.75 Å². The normalized spacial score (nSPS) is 18.1. The zero-order valence-corrected chi connectivity index (χ0v) is 14.8. The number of halogens is 1. The first kappa shape index (κ1) is 19.7. The fourth-order valence-corrected chi connectivity index (χ4v) is 3.08. The summed E-state index contributed by atoms with van der Waals surface area (Å²) in [7, 11) is 1.61. The van der Waals surface area contributed by atoms with E-state index < -0.39 is 0 Å². The second-order valence-electron chi connectivity index (χ2n) is 5.95. The van der Waals surface area contributed by atoms with Gasteiger partial charge in [-0.25, -0.2) is 0 Å². The minimum Gasteiger partial charge on any atom is -0.495 e. The van der Waals surface area contributed by atoms with Crippen molar-refractivity contribution in [3.63, 3.8) is 0 Å². The topological polar surface area (TPSA) is 67.6 Å². The van der Waals surface area contributed by atoms with Crippen LogP contribution in [0.5, 0.6) is 5.75 Å². The van der Waals surface area contributed by atoms with Crippen LogP contribution in [0.3, 0.4) is 0 Å². The Morgan fingerprint density at radius 3 is 2.91 bits per heavy atom. The summed E-state index contributed by atoms with van der Waals surface area (Å²) in [5.41, 5.74) is 7.52. The fourth-order valence-electron chi connectivity index (χ4n) is 3.08. The first-order chi connectivity index (χ1) is 10.6. The van der Waals surface area contributed by atoms with Crippen LogP contribution >= 0.6 is 12.4 Å². The number of benzene rings is 1. The van der Waals surface area contributed by atoms with E-state index in [0.717, 1.165) is 37.1 Å². The molecular formula is C17H28ClN3O2. The number of amides is 1. The van der Waals surface area contributed by atoms with Gasteiger partial charge in [0, 0.05) is 6.04 Å². The largest absolute Gasteiger partial charge is 0.495 e. The van der Waals surface area contributed by atoms with Crippen molar-refractivity contribution in [2.75, 3.05) is 32.1 Å². The average molecular weight is 342 g/mol. The lowest BCUT2D eigenvalue weighted by Gasteiger charge is -2.35. The van der Waals surface area contributed by atoms with Gasteiger partial charge in [-0.15, -0.1) is 12.4 Å². The Morgan fingerprint density at radius 2 is 2.22 bits per heavy atom. The van der Waals surface area contributed by atoms with Crippen molar-refractivity contribution in [3.05, 3.63) is 23.8 Å². The lowest BCUT2D eigenvalue weighted by atomic mass is 9.99. The van der Waals surface area contributed by atoms with E-state index >= 15 is 0 Å². The third-order valence-electron chi connectivity index (χ3n) is 4.22. The highest BCUT2D eigenvalue weighted by atomic mass is 35.5. The number of nitrogens with two attached hydrogens (primary N) is 1. The van der Waals surface area contributed by atoms with Crippen LogP contribution in [-0.4, -0.2) is 43.6 Å². The van der Waals surface area contributed by atoms with Crippen LogP contribution in [0, 0.1) is 6.92 Å². The van der Waals surface area contributed by atoms with Gasteiger partial charge in [-0.1, -0.05) is 12.5 Å². The quantitative estimate of drug-likeness (QED) is 0.834. The first-order valence-electron chi connectivity index (χ1n) is 8.02. The molecule has 23 heavy (non-hydrogen) atoms. The molecule has 0 radical (unpaired) electrons. The molecule has 1 atom stereocenters. The number of methoxy groups -OCH3 is 1. The molecule has 1 aliphatic rings. The van der Waals surface area contributed by atoms with Gasteiger partial charge in [0.2, 0.25) is 5.91 Å². The van der Waals surface area contributed by atoms with Crippen molar-refractivity contribution in [3.8, 4) is 5.75 Å². The molecule has 2 rings (SSSR count). The maximum absolute atomic E-state index is 12.4. The molecule has 1 saturated heterocycles. The average Bonchev–Trinajstić information content (AvgIpc) is 2.50. The molecular weight excluding hydrogens is 314 g/mol. The van der Waals surface area contributed by atoms with E-state index in [0.29, 0.717) is 24.9 Å². The van der Waals surface area contributed by atoms with E-state index in [1.165, 1.54) is 6.42 Å². The van der Waals surface area contributed by atoms with Gasteiger partial charge in [-0.2, -0.15) is 0 Å². The molecule has 1 amide bonds. The highest BCUT2D eigenvalue weighted by Gasteiger charge is 2.23. The number of nitrogens with zero attached hydrogens (tertiary/aromatic N) is 1. The van der Waals surface area contributed by atoms with Crippen LogP contribution in [0.2, 0.25) is 0 Å². The molecule has 0 saturated carbocycles. The van der Waals surface area contributed by atoms with Crippen molar-refractivity contribution < 1.29 is 9.53 Å². The summed E-state index contributed by atoms with van der Waals surface area (Å²) in [6, 6.07) is 6.22. The molecule has 3 N–H and O–H groups in total. The molecule has 0 spiro atoms. The van der Waals surface area contributed by atoms with Crippen molar-refractivity contribution in [1.82, 2.24) is 4.90 Å². The van der Waals surface area contributed by atoms with Gasteiger partial charge >= 0.3 is 0 Å². The summed E-state index contributed by atoms with van der Waals surface area (Å²) in [5.74, 6) is 0.698. The summed E-state index contributed by atoms with van der Waals surface area (Å²) in [6.07, 6.45) is 4.48. The molecule has 0 aliphatic carbocycles. The monoisotopic (exact) mass is 341 g/mol. The number of carbonyl (C=O) groups is 1. The van der Waals surface area contributed by atoms with E-state index in [2.05, 4.69) is 10.2 Å². The molecule has 1 fully saturated rings. The molecule has 1 aliphatic heterocycles. The first-order valence-corrected chi connectivity index (χ1v) is 8.02. The van der Waals surface area contributed by atoms with E-state index in [9.17, 15) is 4.79 Å². The van der Waals surface area contributed by atoms with Crippen molar-refractivity contribution in [2.45, 2.75) is 38.6 Å². The van der Waals surface area contributed by atoms with Crippen molar-refractivity contribution in [2.24, 2.45) is 5.73 Å². The van der Waals surface area contributed by atoms with Gasteiger partial charge < -0.3 is 15.8 Å². The van der Waals surface area contributed by atoms with Gasteiger partial charge in [0.25, 0.3) is 0 Å². The maximum atomic E-state index is 12.4. The zero-order valence-electron chi connectivity index (χ0n) is 14.0. The summed E-state index contributed by atoms with van der Waals surface area (Å²) < 4.78 is 5.31. The summed E-state index contributed by atoms with van der Waals surface area (Å²) in [5, 5.41) is 2.98. The Bertz CT molecular complexity index is 509. The summed E-state index contributed by atoms with van der Waals surface area (Å²) >= 11 is 0. The maximum Gasteiger partial charge on any atom is 0.238 e. The molecule has 1 aromatic rings. The molecule has 130 valence electrons. The van der Waals surface area contributed by atoms with E-state index in [1.807, 2.05) is 25.1 Å². The fraction of sp³-hybridized carbons (Fsp3) is 0.588. The molecule has 0 aromatic heterocycles. The predicted molar refractivity (Wildman–Crippen MR) is 96.5 cm³/mol. The number of ether oxygens (including phenoxy) is 1. The number of anilines is 1. The number of hydrogen-bond donors (Lipinski definition) is 2. The molecule has 6 heteroatoms. The molecule has 1 heterocycles. The Kier molecular flexibility index (Phi) is 8.37. The van der Waals surface area contributed by atoms with Gasteiger partial charge in [0.15, 0.2) is 0 Å². The van der Waals surface area contributed by atoms with Crippen LogP contribution in [0.1, 0.15) is 31.2 Å². The third kappa shape index (κ3) is 5.68. The number of nitrogens with one attached hydrogen (secondary N) is 1. The van der Waals surface area contributed by atoms with Gasteiger partial charge in [-0.3, -0.25) is 9.69 Å². The smallest absolute Gasteiger partial charge is 0.238 e. The Balaban J connectivity index is 0.00000264. The SMILES string of the molecule is COc1ccc(C)cc1NC(=O)CN1CCCCC1CCN.Cl. The summed E-state index contributed by atoms with van der Waals surface area (Å²) in [6.45, 7) is 4.07. The minimum atomic E-state index is 0. The van der Waals surface area contributed by atoms with Crippen molar-refractivity contribution >= 4 is 24.0 Å². The molecule has 1 unspecified atom stereocenters. The van der Waals surface area contributed by atoms with E-state index in [1.54, 1.807) is 7.11 Å². The second kappa shape index (κ2) is 9.75. The van der Waals surface area contributed by atoms with Crippen LogP contribution in [0.4, 0.5) is 5.69 Å². The molecule has 5 nitrogen and oxygen atoms in total. The van der Waals surface area contributed by atoms with Gasteiger partial charge in [-0.05, 0) is 57.0 Å². The number of hydrogen-bond acceptors (Lipinski definition) is 4. The third-order valence-corrected chi connectivity index (χ3v) is 4.22. The summed E-state index contributed by atoms with van der Waals surface area (Å²) in [4.78, 5) is 14.6. The second-order valence-corrected chi connectivity index (χ2v) is 5.95. The number of likely N-dealkylation sites (tertiary alicyclic amines) is 1. The lowest BCUT2D eigenvalue weighted by molar-refractivity contribution is -0.118. The lowest BCUT2D eigenvalue weighted by Crippen LogP contribution is -2.44. The number of piperidine rings is 1. The Labute approximate surface area is 145 Å². The van der Waals surface area contributed by atoms with Crippen molar-refractivity contribution in [1.29, 1.82) is 0 Å². The predicted octanol–water partition coefficient (Wildman–Crippen LogP) is 2.57. The Hall–Kier alpha value is -1.30. The van der Waals surface area contributed by atoms with E-state index in [-0.39, 0.29) is 18.3 Å².